The van der Waals surface area contributed by atoms with Crippen LogP contribution in [0.4, 0.5) is 0 Å². The third-order valence-corrected chi connectivity index (χ3v) is 3.53. The number of hydrogen-bond acceptors (Lipinski definition) is 1. The van der Waals surface area contributed by atoms with Gasteiger partial charge in [-0.25, -0.2) is 0 Å². The number of aromatic nitrogens is 1. The van der Waals surface area contributed by atoms with Gasteiger partial charge in [0.05, 0.1) is 0 Å². The van der Waals surface area contributed by atoms with Crippen LogP contribution in [0.25, 0.3) is 6.08 Å². The van der Waals surface area contributed by atoms with E-state index in [0.717, 1.165) is 24.4 Å². The summed E-state index contributed by atoms with van der Waals surface area (Å²) in [6.45, 7) is 12.6. The lowest BCUT2D eigenvalue weighted by molar-refractivity contribution is 0.308. The zero-order chi connectivity index (χ0) is 12.6. The summed E-state index contributed by atoms with van der Waals surface area (Å²) >= 11 is 0. The highest BCUT2D eigenvalue weighted by Crippen LogP contribution is 2.42. The Kier molecular flexibility index (Phi) is 2.90. The van der Waals surface area contributed by atoms with Crippen molar-refractivity contribution in [1.29, 1.82) is 0 Å². The number of allylic oxidation sites excluding steroid dienone is 2. The van der Waals surface area contributed by atoms with Crippen molar-refractivity contribution >= 4 is 6.08 Å². The Hall–Kier alpha value is -1.44. The number of hydrogen-bond donors (Lipinski definition) is 1. The van der Waals surface area contributed by atoms with Gasteiger partial charge in [0.25, 0.3) is 0 Å². The van der Waals surface area contributed by atoms with E-state index in [2.05, 4.69) is 51.5 Å². The van der Waals surface area contributed by atoms with E-state index < -0.39 is 0 Å². The highest BCUT2D eigenvalue weighted by atomic mass is 16.5. The molecule has 1 aromatic rings. The van der Waals surface area contributed by atoms with Gasteiger partial charge in [-0.15, -0.1) is 0 Å². The predicted octanol–water partition coefficient (Wildman–Crippen LogP) is 4.19. The molecule has 2 nitrogen and oxygen atoms in total. The molecule has 0 unspecified atom stereocenters. The molecule has 1 N–H and O–H groups in total. The van der Waals surface area contributed by atoms with Gasteiger partial charge < -0.3 is 9.72 Å². The number of aromatic amines is 1. The van der Waals surface area contributed by atoms with Gasteiger partial charge in [0, 0.05) is 29.8 Å². The number of ether oxygens (including phenoxy) is 1. The second kappa shape index (κ2) is 4.10. The van der Waals surface area contributed by atoms with Gasteiger partial charge in [-0.1, -0.05) is 27.4 Å². The summed E-state index contributed by atoms with van der Waals surface area (Å²) in [6.07, 6.45) is 6.14. The molecule has 0 saturated carbocycles. The molecule has 1 aliphatic rings. The van der Waals surface area contributed by atoms with Gasteiger partial charge in [0.2, 0.25) is 0 Å². The lowest BCUT2D eigenvalue weighted by atomic mass is 9.89. The fourth-order valence-electron chi connectivity index (χ4n) is 2.28. The van der Waals surface area contributed by atoms with Crippen LogP contribution in [0.3, 0.4) is 0 Å². The van der Waals surface area contributed by atoms with E-state index in [0.29, 0.717) is 0 Å². The van der Waals surface area contributed by atoms with E-state index in [1.54, 1.807) is 0 Å². The Labute approximate surface area is 103 Å². The smallest absolute Gasteiger partial charge is 0.107 e. The lowest BCUT2D eigenvalue weighted by Crippen LogP contribution is -2.05. The Morgan fingerprint density at radius 1 is 1.53 bits per heavy atom. The van der Waals surface area contributed by atoms with Crippen molar-refractivity contribution in [2.45, 2.75) is 40.5 Å². The molecule has 2 heteroatoms. The third kappa shape index (κ3) is 2.17. The Bertz CT molecular complexity index is 477. The first kappa shape index (κ1) is 12.0. The molecule has 92 valence electrons. The minimum absolute atomic E-state index is 0.0554. The third-order valence-electron chi connectivity index (χ3n) is 3.53. The van der Waals surface area contributed by atoms with Gasteiger partial charge >= 0.3 is 0 Å². The van der Waals surface area contributed by atoms with E-state index in [4.69, 9.17) is 4.74 Å². The standard InChI is InChI=1S/C15H21NO/c1-6-13-10(2)9-16-14(13)7-12-8-15(4,5)11(3)17-12/h7,9,16H,3,6,8H2,1-2,4-5H3/b12-7+. The van der Waals surface area contributed by atoms with Crippen molar-refractivity contribution in [2.75, 3.05) is 0 Å². The summed E-state index contributed by atoms with van der Waals surface area (Å²) < 4.78 is 5.74. The Morgan fingerprint density at radius 3 is 2.76 bits per heavy atom. The second-order valence-electron chi connectivity index (χ2n) is 5.41. The summed E-state index contributed by atoms with van der Waals surface area (Å²) in [5.41, 5.74) is 3.91. The van der Waals surface area contributed by atoms with Crippen LogP contribution in [-0.2, 0) is 11.2 Å². The molecule has 0 spiro atoms. The minimum atomic E-state index is 0.0554. The van der Waals surface area contributed by atoms with Crippen LogP contribution in [0.1, 0.15) is 44.0 Å². The van der Waals surface area contributed by atoms with Crippen LogP contribution in [-0.4, -0.2) is 4.98 Å². The van der Waals surface area contributed by atoms with Crippen molar-refractivity contribution in [3.8, 4) is 0 Å². The molecule has 17 heavy (non-hydrogen) atoms. The molecule has 1 aromatic heterocycles. The Morgan fingerprint density at radius 2 is 2.24 bits per heavy atom. The normalized spacial score (nSPS) is 20.9. The molecule has 0 amide bonds. The molecule has 2 heterocycles. The van der Waals surface area contributed by atoms with E-state index in [9.17, 15) is 0 Å². The van der Waals surface area contributed by atoms with Gasteiger partial charge in [-0.05, 0) is 24.5 Å². The SMILES string of the molecule is C=C1O/C(=C/c2[nH]cc(C)c2CC)CC1(C)C. The average molecular weight is 231 g/mol. The first-order valence-corrected chi connectivity index (χ1v) is 6.18. The topological polar surface area (TPSA) is 25.0 Å². The van der Waals surface area contributed by atoms with Crippen LogP contribution in [0, 0.1) is 12.3 Å². The van der Waals surface area contributed by atoms with E-state index in [1.807, 2.05) is 0 Å². The zero-order valence-corrected chi connectivity index (χ0v) is 11.2. The first-order valence-electron chi connectivity index (χ1n) is 6.18. The van der Waals surface area contributed by atoms with Crippen LogP contribution in [0.15, 0.2) is 24.3 Å². The van der Waals surface area contributed by atoms with Crippen LogP contribution < -0.4 is 0 Å². The van der Waals surface area contributed by atoms with Crippen molar-refractivity contribution in [3.63, 3.8) is 0 Å². The second-order valence-corrected chi connectivity index (χ2v) is 5.41. The molecular weight excluding hydrogens is 210 g/mol. The number of nitrogens with one attached hydrogen (secondary N) is 1. The van der Waals surface area contributed by atoms with Crippen molar-refractivity contribution in [3.05, 3.63) is 41.1 Å². The molecule has 0 atom stereocenters. The summed E-state index contributed by atoms with van der Waals surface area (Å²) in [4.78, 5) is 3.31. The highest BCUT2D eigenvalue weighted by Gasteiger charge is 2.33. The average Bonchev–Trinajstić information content (AvgIpc) is 2.69. The molecule has 1 saturated heterocycles. The van der Waals surface area contributed by atoms with Crippen LogP contribution >= 0.6 is 0 Å². The summed E-state index contributed by atoms with van der Waals surface area (Å²) in [6, 6.07) is 0. The number of rotatable bonds is 2. The number of aryl methyl sites for hydroxylation is 1. The maximum atomic E-state index is 5.74. The predicted molar refractivity (Wildman–Crippen MR) is 71.5 cm³/mol. The zero-order valence-electron chi connectivity index (χ0n) is 11.2. The number of H-pyrrole nitrogens is 1. The molecule has 0 aromatic carbocycles. The van der Waals surface area contributed by atoms with Crippen LogP contribution in [0.2, 0.25) is 0 Å². The van der Waals surface area contributed by atoms with E-state index in [1.165, 1.54) is 16.8 Å². The molecule has 1 aliphatic heterocycles. The maximum absolute atomic E-state index is 5.74. The quantitative estimate of drug-likeness (QED) is 0.811. The summed E-state index contributed by atoms with van der Waals surface area (Å²) in [7, 11) is 0. The van der Waals surface area contributed by atoms with Crippen LogP contribution in [0.5, 0.6) is 0 Å². The molecule has 2 rings (SSSR count). The molecule has 0 aliphatic carbocycles. The van der Waals surface area contributed by atoms with Crippen molar-refractivity contribution in [2.24, 2.45) is 5.41 Å². The first-order chi connectivity index (χ1) is 7.94. The monoisotopic (exact) mass is 231 g/mol. The summed E-state index contributed by atoms with van der Waals surface area (Å²) in [5.74, 6) is 1.88. The lowest BCUT2D eigenvalue weighted by Gasteiger charge is -2.12. The van der Waals surface area contributed by atoms with Gasteiger partial charge in [0.1, 0.15) is 11.5 Å². The highest BCUT2D eigenvalue weighted by molar-refractivity contribution is 5.55. The van der Waals surface area contributed by atoms with E-state index >= 15 is 0 Å². The largest absolute Gasteiger partial charge is 0.466 e. The van der Waals surface area contributed by atoms with Gasteiger partial charge in [-0.2, -0.15) is 0 Å². The minimum Gasteiger partial charge on any atom is -0.466 e. The fraction of sp³-hybridized carbons (Fsp3) is 0.467. The van der Waals surface area contributed by atoms with Gasteiger partial charge in [0.15, 0.2) is 0 Å². The summed E-state index contributed by atoms with van der Waals surface area (Å²) in [5, 5.41) is 0. The maximum Gasteiger partial charge on any atom is 0.107 e. The molecule has 0 radical (unpaired) electrons. The Balaban J connectivity index is 2.29. The molecular formula is C15H21NO. The molecule has 0 bridgehead atoms. The van der Waals surface area contributed by atoms with Crippen molar-refractivity contribution in [1.82, 2.24) is 4.98 Å². The van der Waals surface area contributed by atoms with Crippen molar-refractivity contribution < 1.29 is 4.74 Å². The van der Waals surface area contributed by atoms with E-state index in [-0.39, 0.29) is 5.41 Å². The van der Waals surface area contributed by atoms with Gasteiger partial charge in [-0.3, -0.25) is 0 Å². The fourth-order valence-corrected chi connectivity index (χ4v) is 2.28. The molecule has 1 fully saturated rings.